The third-order valence-electron chi connectivity index (χ3n) is 2.83. The Kier molecular flexibility index (Phi) is 4.73. The van der Waals surface area contributed by atoms with E-state index in [0.717, 1.165) is 5.56 Å². The van der Waals surface area contributed by atoms with Crippen LogP contribution in [0.15, 0.2) is 54.6 Å². The number of para-hydroxylation sites is 2. The molecule has 0 heterocycles. The molecule has 0 unspecified atom stereocenters. The minimum Gasteiger partial charge on any atom is -0.495 e. The number of nitrogens with zero attached hydrogens (tertiary/aromatic N) is 1. The number of ether oxygens (including phenoxy) is 1. The van der Waals surface area contributed by atoms with Crippen LogP contribution < -0.4 is 10.1 Å². The molecule has 0 fully saturated rings. The molecule has 2 aromatic carbocycles. The first-order chi connectivity index (χ1) is 10.2. The van der Waals surface area contributed by atoms with Crippen LogP contribution in [0.4, 0.5) is 5.69 Å². The number of benzene rings is 2. The molecule has 21 heavy (non-hydrogen) atoms. The van der Waals surface area contributed by atoms with Crippen LogP contribution in [0.3, 0.4) is 0 Å². The second-order valence-corrected chi connectivity index (χ2v) is 4.26. The molecule has 0 saturated heterocycles. The van der Waals surface area contributed by atoms with Crippen molar-refractivity contribution >= 4 is 17.7 Å². The van der Waals surface area contributed by atoms with Crippen molar-refractivity contribution < 1.29 is 9.53 Å². The molecule has 0 aromatic heterocycles. The molecular formula is C17H14N2O2. The van der Waals surface area contributed by atoms with Crippen LogP contribution in [0.5, 0.6) is 5.75 Å². The van der Waals surface area contributed by atoms with Crippen LogP contribution in [-0.4, -0.2) is 13.0 Å². The Morgan fingerprint density at radius 3 is 2.57 bits per heavy atom. The minimum absolute atomic E-state index is 0.246. The Morgan fingerprint density at radius 2 is 1.90 bits per heavy atom. The van der Waals surface area contributed by atoms with Gasteiger partial charge in [0.25, 0.3) is 0 Å². The predicted octanol–water partition coefficient (Wildman–Crippen LogP) is 3.22. The molecule has 0 bridgehead atoms. The van der Waals surface area contributed by atoms with Crippen molar-refractivity contribution in [3.8, 4) is 11.8 Å². The molecule has 0 aliphatic rings. The molecule has 0 saturated carbocycles. The highest BCUT2D eigenvalue weighted by Crippen LogP contribution is 2.22. The number of rotatable bonds is 4. The fraction of sp³-hybridized carbons (Fsp3) is 0.0588. The van der Waals surface area contributed by atoms with Gasteiger partial charge in [0.15, 0.2) is 0 Å². The van der Waals surface area contributed by atoms with Gasteiger partial charge in [0.1, 0.15) is 5.75 Å². The van der Waals surface area contributed by atoms with Gasteiger partial charge in [-0.1, -0.05) is 24.3 Å². The van der Waals surface area contributed by atoms with E-state index in [0.29, 0.717) is 17.0 Å². The van der Waals surface area contributed by atoms with Gasteiger partial charge in [-0.05, 0) is 35.9 Å². The molecule has 4 nitrogen and oxygen atoms in total. The zero-order valence-electron chi connectivity index (χ0n) is 11.5. The van der Waals surface area contributed by atoms with Crippen molar-refractivity contribution in [1.82, 2.24) is 0 Å². The molecule has 0 atom stereocenters. The van der Waals surface area contributed by atoms with Crippen molar-refractivity contribution in [2.75, 3.05) is 12.4 Å². The van der Waals surface area contributed by atoms with Gasteiger partial charge in [0.05, 0.1) is 24.4 Å². The largest absolute Gasteiger partial charge is 0.495 e. The standard InChI is InChI=1S/C17H14N2O2/c1-21-16-5-3-2-4-15(16)19-17(20)11-10-13-6-8-14(12-18)9-7-13/h2-11H,1H3,(H,19,20). The van der Waals surface area contributed by atoms with E-state index in [2.05, 4.69) is 5.32 Å². The average molecular weight is 278 g/mol. The highest BCUT2D eigenvalue weighted by atomic mass is 16.5. The monoisotopic (exact) mass is 278 g/mol. The predicted molar refractivity (Wildman–Crippen MR) is 81.8 cm³/mol. The maximum atomic E-state index is 11.9. The summed E-state index contributed by atoms with van der Waals surface area (Å²) in [6.07, 6.45) is 3.12. The Hall–Kier alpha value is -3.06. The number of hydrogen-bond donors (Lipinski definition) is 1. The third-order valence-corrected chi connectivity index (χ3v) is 2.83. The van der Waals surface area contributed by atoms with Gasteiger partial charge >= 0.3 is 0 Å². The number of methoxy groups -OCH3 is 1. The normalized spacial score (nSPS) is 10.1. The topological polar surface area (TPSA) is 62.1 Å². The van der Waals surface area contributed by atoms with E-state index in [9.17, 15) is 4.79 Å². The van der Waals surface area contributed by atoms with Crippen LogP contribution >= 0.6 is 0 Å². The van der Waals surface area contributed by atoms with Crippen LogP contribution in [0.25, 0.3) is 6.08 Å². The van der Waals surface area contributed by atoms with Gasteiger partial charge in [-0.3, -0.25) is 4.79 Å². The number of carbonyl (C=O) groups excluding carboxylic acids is 1. The molecule has 1 amide bonds. The molecule has 2 rings (SSSR count). The molecular weight excluding hydrogens is 264 g/mol. The summed E-state index contributed by atoms with van der Waals surface area (Å²) in [5.41, 5.74) is 2.06. The first-order valence-electron chi connectivity index (χ1n) is 6.35. The number of hydrogen-bond acceptors (Lipinski definition) is 3. The molecule has 4 heteroatoms. The molecule has 1 N–H and O–H groups in total. The number of anilines is 1. The number of carbonyl (C=O) groups is 1. The summed E-state index contributed by atoms with van der Waals surface area (Å²) in [6, 6.07) is 16.2. The lowest BCUT2D eigenvalue weighted by Gasteiger charge is -2.07. The number of nitrogens with one attached hydrogen (secondary N) is 1. The van der Waals surface area contributed by atoms with E-state index in [1.165, 1.54) is 6.08 Å². The third kappa shape index (κ3) is 3.95. The van der Waals surface area contributed by atoms with E-state index in [1.807, 2.05) is 18.2 Å². The summed E-state index contributed by atoms with van der Waals surface area (Å²) in [4.78, 5) is 11.9. The van der Waals surface area contributed by atoms with Gasteiger partial charge in [-0.25, -0.2) is 0 Å². The summed E-state index contributed by atoms with van der Waals surface area (Å²) in [7, 11) is 1.55. The first kappa shape index (κ1) is 14.4. The Labute approximate surface area is 123 Å². The lowest BCUT2D eigenvalue weighted by Crippen LogP contribution is -2.08. The lowest BCUT2D eigenvalue weighted by atomic mass is 10.1. The highest BCUT2D eigenvalue weighted by molar-refractivity contribution is 6.02. The Balaban J connectivity index is 2.04. The van der Waals surface area contributed by atoms with E-state index in [4.69, 9.17) is 10.00 Å². The maximum Gasteiger partial charge on any atom is 0.248 e. The van der Waals surface area contributed by atoms with Crippen molar-refractivity contribution in [1.29, 1.82) is 5.26 Å². The van der Waals surface area contributed by atoms with Crippen molar-refractivity contribution in [2.45, 2.75) is 0 Å². The number of nitriles is 1. The molecule has 0 radical (unpaired) electrons. The fourth-order valence-electron chi connectivity index (χ4n) is 1.76. The molecule has 0 aliphatic carbocycles. The second-order valence-electron chi connectivity index (χ2n) is 4.26. The van der Waals surface area contributed by atoms with Crippen LogP contribution in [0.2, 0.25) is 0 Å². The molecule has 2 aromatic rings. The molecule has 0 spiro atoms. The summed E-state index contributed by atoms with van der Waals surface area (Å²) >= 11 is 0. The quantitative estimate of drug-likeness (QED) is 0.873. The van der Waals surface area contributed by atoms with Gasteiger partial charge < -0.3 is 10.1 Å². The SMILES string of the molecule is COc1ccccc1NC(=O)C=Cc1ccc(C#N)cc1. The summed E-state index contributed by atoms with van der Waals surface area (Å²) in [5.74, 6) is 0.362. The summed E-state index contributed by atoms with van der Waals surface area (Å²) < 4.78 is 5.17. The average Bonchev–Trinajstić information content (AvgIpc) is 2.54. The first-order valence-corrected chi connectivity index (χ1v) is 6.35. The lowest BCUT2D eigenvalue weighted by molar-refractivity contribution is -0.111. The maximum absolute atomic E-state index is 11.9. The zero-order valence-corrected chi connectivity index (χ0v) is 11.5. The van der Waals surface area contributed by atoms with Crippen LogP contribution in [0, 0.1) is 11.3 Å². The molecule has 104 valence electrons. The van der Waals surface area contributed by atoms with E-state index in [1.54, 1.807) is 49.6 Å². The summed E-state index contributed by atoms with van der Waals surface area (Å²) in [6.45, 7) is 0. The van der Waals surface area contributed by atoms with Gasteiger partial charge in [-0.15, -0.1) is 0 Å². The van der Waals surface area contributed by atoms with Crippen LogP contribution in [-0.2, 0) is 4.79 Å². The summed E-state index contributed by atoms with van der Waals surface area (Å²) in [5, 5.41) is 11.5. The van der Waals surface area contributed by atoms with Crippen LogP contribution in [0.1, 0.15) is 11.1 Å². The smallest absolute Gasteiger partial charge is 0.248 e. The Bertz CT molecular complexity index is 697. The second kappa shape index (κ2) is 6.92. The van der Waals surface area contributed by atoms with Crippen molar-refractivity contribution in [2.24, 2.45) is 0 Å². The van der Waals surface area contributed by atoms with Gasteiger partial charge in [-0.2, -0.15) is 5.26 Å². The van der Waals surface area contributed by atoms with Crippen molar-refractivity contribution in [3.63, 3.8) is 0 Å². The van der Waals surface area contributed by atoms with E-state index in [-0.39, 0.29) is 5.91 Å². The minimum atomic E-state index is -0.246. The molecule has 0 aliphatic heterocycles. The fourth-order valence-corrected chi connectivity index (χ4v) is 1.76. The van der Waals surface area contributed by atoms with Crippen molar-refractivity contribution in [3.05, 3.63) is 65.7 Å². The number of amides is 1. The zero-order chi connectivity index (χ0) is 15.1. The Morgan fingerprint density at radius 1 is 1.19 bits per heavy atom. The van der Waals surface area contributed by atoms with E-state index < -0.39 is 0 Å². The van der Waals surface area contributed by atoms with Gasteiger partial charge in [0.2, 0.25) is 5.91 Å². The van der Waals surface area contributed by atoms with Gasteiger partial charge in [0, 0.05) is 6.08 Å². The highest BCUT2D eigenvalue weighted by Gasteiger charge is 2.03. The van der Waals surface area contributed by atoms with E-state index >= 15 is 0 Å².